The van der Waals surface area contributed by atoms with Gasteiger partial charge in [0.1, 0.15) is 0 Å². The molecule has 0 radical (unpaired) electrons. The Balaban J connectivity index is 2.27. The van der Waals surface area contributed by atoms with Gasteiger partial charge in [0.2, 0.25) is 0 Å². The van der Waals surface area contributed by atoms with Gasteiger partial charge in [0, 0.05) is 17.2 Å². The van der Waals surface area contributed by atoms with Crippen molar-refractivity contribution in [1.29, 1.82) is 0 Å². The first-order valence-electron chi connectivity index (χ1n) is 6.24. The summed E-state index contributed by atoms with van der Waals surface area (Å²) in [5.74, 6) is -2.19. The van der Waals surface area contributed by atoms with Gasteiger partial charge in [-0.1, -0.05) is 17.7 Å². The molecule has 10 heteroatoms. The van der Waals surface area contributed by atoms with E-state index in [2.05, 4.69) is 4.74 Å². The second-order valence-electron chi connectivity index (χ2n) is 4.41. The number of rotatable bonds is 4. The zero-order valence-corrected chi connectivity index (χ0v) is 12.4. The monoisotopic (exact) mass is 350 g/mol. The van der Waals surface area contributed by atoms with E-state index in [9.17, 15) is 29.8 Å². The predicted molar refractivity (Wildman–Crippen MR) is 80.9 cm³/mol. The minimum Gasteiger partial charge on any atom is -0.386 e. The number of ether oxygens (including phenoxy) is 1. The van der Waals surface area contributed by atoms with Crippen molar-refractivity contribution >= 4 is 34.9 Å². The summed E-state index contributed by atoms with van der Waals surface area (Å²) >= 11 is 5.71. The van der Waals surface area contributed by atoms with Gasteiger partial charge in [-0.05, 0) is 24.3 Å². The SMILES string of the molecule is O=C(OC(=O)c1ccc([N+](=O)[O-])c([N+](=O)[O-])c1)c1cccc(Cl)c1. The molecule has 0 aliphatic heterocycles. The van der Waals surface area contributed by atoms with E-state index in [4.69, 9.17) is 11.6 Å². The van der Waals surface area contributed by atoms with E-state index in [0.29, 0.717) is 6.07 Å². The summed E-state index contributed by atoms with van der Waals surface area (Å²) in [6, 6.07) is 8.04. The number of halogens is 1. The molecule has 24 heavy (non-hydrogen) atoms. The van der Waals surface area contributed by atoms with Crippen LogP contribution >= 0.6 is 11.6 Å². The molecule has 0 spiro atoms. The molecule has 0 aliphatic rings. The molecule has 2 rings (SSSR count). The Bertz CT molecular complexity index is 866. The first kappa shape index (κ1) is 17.0. The van der Waals surface area contributed by atoms with E-state index in [1.807, 2.05) is 0 Å². The van der Waals surface area contributed by atoms with Gasteiger partial charge in [-0.25, -0.2) is 9.59 Å². The number of carbonyl (C=O) groups is 2. The fraction of sp³-hybridized carbons (Fsp3) is 0. The zero-order valence-electron chi connectivity index (χ0n) is 11.7. The van der Waals surface area contributed by atoms with Crippen LogP contribution in [0.2, 0.25) is 5.02 Å². The Labute approximate surface area is 138 Å². The molecule has 122 valence electrons. The number of hydrogen-bond acceptors (Lipinski definition) is 7. The molecule has 2 aromatic carbocycles. The number of nitro benzene ring substituents is 2. The van der Waals surface area contributed by atoms with Gasteiger partial charge in [0.25, 0.3) is 0 Å². The lowest BCUT2D eigenvalue weighted by molar-refractivity contribution is -0.422. The molecule has 0 bridgehead atoms. The van der Waals surface area contributed by atoms with Gasteiger partial charge < -0.3 is 4.74 Å². The van der Waals surface area contributed by atoms with Gasteiger partial charge in [0.15, 0.2) is 0 Å². The predicted octanol–water partition coefficient (Wildman–Crippen LogP) is 3.15. The number of esters is 2. The smallest absolute Gasteiger partial charge is 0.346 e. The highest BCUT2D eigenvalue weighted by Gasteiger charge is 2.27. The van der Waals surface area contributed by atoms with Gasteiger partial charge >= 0.3 is 23.3 Å². The molecule has 0 amide bonds. The normalized spacial score (nSPS) is 10.0. The summed E-state index contributed by atoms with van der Waals surface area (Å²) < 4.78 is 4.58. The average molecular weight is 351 g/mol. The van der Waals surface area contributed by atoms with Crippen LogP contribution < -0.4 is 0 Å². The lowest BCUT2D eigenvalue weighted by Gasteiger charge is -2.04. The molecule has 0 aromatic heterocycles. The van der Waals surface area contributed by atoms with Crippen LogP contribution in [0.1, 0.15) is 20.7 Å². The fourth-order valence-electron chi connectivity index (χ4n) is 1.77. The topological polar surface area (TPSA) is 130 Å². The molecular formula is C14H7ClN2O7. The van der Waals surface area contributed by atoms with E-state index in [0.717, 1.165) is 12.1 Å². The van der Waals surface area contributed by atoms with E-state index < -0.39 is 33.2 Å². The Kier molecular flexibility index (Phi) is 4.85. The standard InChI is InChI=1S/C14H7ClN2O7/c15-10-3-1-2-8(6-10)13(18)24-14(19)9-4-5-11(16(20)21)12(7-9)17(22)23/h1-7H. The van der Waals surface area contributed by atoms with Crippen molar-refractivity contribution in [2.75, 3.05) is 0 Å². The third-order valence-corrected chi connectivity index (χ3v) is 3.09. The van der Waals surface area contributed by atoms with Crippen LogP contribution in [0.4, 0.5) is 11.4 Å². The summed E-state index contributed by atoms with van der Waals surface area (Å²) in [4.78, 5) is 43.3. The summed E-state index contributed by atoms with van der Waals surface area (Å²) in [6.07, 6.45) is 0. The Morgan fingerprint density at radius 1 is 0.875 bits per heavy atom. The first-order valence-corrected chi connectivity index (χ1v) is 6.62. The molecule has 0 fully saturated rings. The van der Waals surface area contributed by atoms with Crippen LogP contribution in [0.25, 0.3) is 0 Å². The van der Waals surface area contributed by atoms with Gasteiger partial charge in [0.05, 0.1) is 21.0 Å². The summed E-state index contributed by atoms with van der Waals surface area (Å²) in [6.45, 7) is 0. The molecule has 0 aliphatic carbocycles. The quantitative estimate of drug-likeness (QED) is 0.358. The third-order valence-electron chi connectivity index (χ3n) is 2.85. The molecule has 0 saturated carbocycles. The fourth-order valence-corrected chi connectivity index (χ4v) is 1.96. The van der Waals surface area contributed by atoms with Gasteiger partial charge in [-0.2, -0.15) is 0 Å². The van der Waals surface area contributed by atoms with Crippen LogP contribution in [0, 0.1) is 20.2 Å². The highest BCUT2D eigenvalue weighted by atomic mass is 35.5. The summed E-state index contributed by atoms with van der Waals surface area (Å²) in [5, 5.41) is 21.8. The molecular weight excluding hydrogens is 344 g/mol. The first-order chi connectivity index (χ1) is 11.3. The maximum absolute atomic E-state index is 11.9. The molecule has 0 atom stereocenters. The largest absolute Gasteiger partial charge is 0.386 e. The van der Waals surface area contributed by atoms with Crippen molar-refractivity contribution in [1.82, 2.24) is 0 Å². The molecule has 0 saturated heterocycles. The Morgan fingerprint density at radius 2 is 1.46 bits per heavy atom. The van der Waals surface area contributed by atoms with Crippen molar-refractivity contribution in [3.05, 3.63) is 78.8 Å². The van der Waals surface area contributed by atoms with Gasteiger partial charge in [-0.15, -0.1) is 0 Å². The van der Waals surface area contributed by atoms with Crippen LogP contribution in [0.5, 0.6) is 0 Å². The third kappa shape index (κ3) is 3.70. The highest BCUT2D eigenvalue weighted by Crippen LogP contribution is 2.27. The van der Waals surface area contributed by atoms with Gasteiger partial charge in [-0.3, -0.25) is 20.2 Å². The van der Waals surface area contributed by atoms with Crippen LogP contribution in [-0.2, 0) is 4.74 Å². The van der Waals surface area contributed by atoms with Crippen molar-refractivity contribution < 1.29 is 24.2 Å². The Hall–Kier alpha value is -3.33. The highest BCUT2D eigenvalue weighted by molar-refractivity contribution is 6.30. The zero-order chi connectivity index (χ0) is 17.9. The van der Waals surface area contributed by atoms with E-state index in [-0.39, 0.29) is 16.1 Å². The summed E-state index contributed by atoms with van der Waals surface area (Å²) in [7, 11) is 0. The number of benzene rings is 2. The van der Waals surface area contributed by atoms with E-state index in [1.165, 1.54) is 24.3 Å². The maximum atomic E-state index is 11.9. The molecule has 2 aromatic rings. The number of carbonyl (C=O) groups excluding carboxylic acids is 2. The lowest BCUT2D eigenvalue weighted by Crippen LogP contribution is -2.13. The second-order valence-corrected chi connectivity index (χ2v) is 4.84. The minimum atomic E-state index is -1.18. The van der Waals surface area contributed by atoms with E-state index in [1.54, 1.807) is 0 Å². The molecule has 0 unspecified atom stereocenters. The van der Waals surface area contributed by atoms with Crippen LogP contribution in [-0.4, -0.2) is 21.8 Å². The van der Waals surface area contributed by atoms with Crippen molar-refractivity contribution in [3.63, 3.8) is 0 Å². The van der Waals surface area contributed by atoms with Crippen molar-refractivity contribution in [2.45, 2.75) is 0 Å². The van der Waals surface area contributed by atoms with Crippen molar-refractivity contribution in [3.8, 4) is 0 Å². The lowest BCUT2D eigenvalue weighted by atomic mass is 10.1. The number of nitrogens with zero attached hydrogens (tertiary/aromatic N) is 2. The van der Waals surface area contributed by atoms with E-state index >= 15 is 0 Å². The van der Waals surface area contributed by atoms with Crippen LogP contribution in [0.15, 0.2) is 42.5 Å². The average Bonchev–Trinajstić information content (AvgIpc) is 2.53. The Morgan fingerprint density at radius 3 is 2.00 bits per heavy atom. The molecule has 0 N–H and O–H groups in total. The number of nitro groups is 2. The maximum Gasteiger partial charge on any atom is 0.346 e. The van der Waals surface area contributed by atoms with Crippen LogP contribution in [0.3, 0.4) is 0 Å². The van der Waals surface area contributed by atoms with Crippen molar-refractivity contribution in [2.24, 2.45) is 0 Å². The molecule has 0 heterocycles. The summed E-state index contributed by atoms with van der Waals surface area (Å²) in [5.41, 5.74) is -2.03. The minimum absolute atomic E-state index is 0.00672. The second kappa shape index (κ2) is 6.84. The number of hydrogen-bond donors (Lipinski definition) is 0. The molecule has 9 nitrogen and oxygen atoms in total.